The van der Waals surface area contributed by atoms with Crippen LogP contribution in [0, 0.1) is 0 Å². The Bertz CT molecular complexity index is 485. The fourth-order valence-corrected chi connectivity index (χ4v) is 1.74. The third-order valence-electron chi connectivity index (χ3n) is 2.43. The molecule has 0 N–H and O–H groups in total. The maximum Gasteiger partial charge on any atom is 0.134 e. The third kappa shape index (κ3) is 2.97. The van der Waals surface area contributed by atoms with Crippen LogP contribution >= 0.6 is 11.6 Å². The molecule has 2 aromatic heterocycles. The van der Waals surface area contributed by atoms with Gasteiger partial charge in [0, 0.05) is 31.6 Å². The molecule has 0 unspecified atom stereocenters. The Hall–Kier alpha value is -1.55. The number of nitrogens with zero attached hydrogens (tertiary/aromatic N) is 3. The van der Waals surface area contributed by atoms with Crippen molar-refractivity contribution in [2.24, 2.45) is 0 Å². The maximum absolute atomic E-state index is 5.96. The summed E-state index contributed by atoms with van der Waals surface area (Å²) in [6.45, 7) is 2.73. The summed E-state index contributed by atoms with van der Waals surface area (Å²) in [5.41, 5.74) is 1.10. The molecule has 5 heteroatoms. The van der Waals surface area contributed by atoms with E-state index in [4.69, 9.17) is 16.0 Å². The van der Waals surface area contributed by atoms with Crippen molar-refractivity contribution >= 4 is 17.4 Å². The molecule has 2 heterocycles. The number of aryl methyl sites for hydroxylation is 1. The van der Waals surface area contributed by atoms with Gasteiger partial charge in [-0.3, -0.25) is 0 Å². The van der Waals surface area contributed by atoms with Crippen LogP contribution in [-0.2, 0) is 13.0 Å². The van der Waals surface area contributed by atoms with Crippen LogP contribution in [0.2, 0.25) is 5.15 Å². The van der Waals surface area contributed by atoms with Gasteiger partial charge in [0.05, 0.1) is 12.5 Å². The molecular formula is C12H14ClN3O. The smallest absolute Gasteiger partial charge is 0.134 e. The highest BCUT2D eigenvalue weighted by molar-refractivity contribution is 6.29. The second kappa shape index (κ2) is 5.19. The fraction of sp³-hybridized carbons (Fsp3) is 0.333. The zero-order valence-corrected chi connectivity index (χ0v) is 10.6. The zero-order valence-electron chi connectivity index (χ0n) is 9.85. The van der Waals surface area contributed by atoms with Crippen LogP contribution in [0.4, 0.5) is 5.82 Å². The lowest BCUT2D eigenvalue weighted by atomic mass is 10.3. The second-order valence-electron chi connectivity index (χ2n) is 3.81. The van der Waals surface area contributed by atoms with E-state index < -0.39 is 0 Å². The van der Waals surface area contributed by atoms with Gasteiger partial charge >= 0.3 is 0 Å². The van der Waals surface area contributed by atoms with Crippen LogP contribution in [0.15, 0.2) is 29.1 Å². The first kappa shape index (κ1) is 11.9. The number of halogens is 1. The van der Waals surface area contributed by atoms with Crippen LogP contribution in [0.3, 0.4) is 0 Å². The Morgan fingerprint density at radius 1 is 1.41 bits per heavy atom. The predicted molar refractivity (Wildman–Crippen MR) is 67.2 cm³/mol. The first-order chi connectivity index (χ1) is 8.19. The monoisotopic (exact) mass is 251 g/mol. The van der Waals surface area contributed by atoms with E-state index in [1.54, 1.807) is 18.6 Å². The second-order valence-corrected chi connectivity index (χ2v) is 4.19. The van der Waals surface area contributed by atoms with Crippen molar-refractivity contribution in [3.05, 3.63) is 41.2 Å². The number of aromatic nitrogens is 2. The van der Waals surface area contributed by atoms with Gasteiger partial charge < -0.3 is 9.32 Å². The number of hydrogen-bond acceptors (Lipinski definition) is 4. The van der Waals surface area contributed by atoms with Gasteiger partial charge in [-0.2, -0.15) is 0 Å². The Kier molecular flexibility index (Phi) is 3.64. The number of rotatable bonds is 4. The molecule has 0 atom stereocenters. The molecule has 0 aliphatic heterocycles. The minimum Gasteiger partial charge on any atom is -0.472 e. The molecule has 0 radical (unpaired) electrons. The predicted octanol–water partition coefficient (Wildman–Crippen LogP) is 2.92. The molecule has 0 aliphatic rings. The average Bonchev–Trinajstić information content (AvgIpc) is 2.81. The van der Waals surface area contributed by atoms with Crippen LogP contribution in [0.1, 0.15) is 18.3 Å². The molecular weight excluding hydrogens is 238 g/mol. The number of hydrogen-bond donors (Lipinski definition) is 0. The first-order valence-electron chi connectivity index (χ1n) is 5.44. The van der Waals surface area contributed by atoms with Gasteiger partial charge in [0.15, 0.2) is 0 Å². The van der Waals surface area contributed by atoms with E-state index in [9.17, 15) is 0 Å². The van der Waals surface area contributed by atoms with Crippen LogP contribution in [0.25, 0.3) is 0 Å². The third-order valence-corrected chi connectivity index (χ3v) is 2.63. The van der Waals surface area contributed by atoms with Crippen molar-refractivity contribution in [1.29, 1.82) is 0 Å². The van der Waals surface area contributed by atoms with Crippen molar-refractivity contribution < 1.29 is 4.42 Å². The molecule has 4 nitrogen and oxygen atoms in total. The van der Waals surface area contributed by atoms with Crippen molar-refractivity contribution in [1.82, 2.24) is 9.97 Å². The van der Waals surface area contributed by atoms with E-state index >= 15 is 0 Å². The largest absolute Gasteiger partial charge is 0.472 e. The van der Waals surface area contributed by atoms with Gasteiger partial charge in [-0.1, -0.05) is 18.5 Å². The standard InChI is InChI=1S/C12H14ClN3O/c1-3-11-14-10(13)6-12(15-11)16(2)7-9-4-5-17-8-9/h4-6,8H,3,7H2,1-2H3. The molecule has 2 aromatic rings. The molecule has 0 amide bonds. The summed E-state index contributed by atoms with van der Waals surface area (Å²) < 4.78 is 5.03. The molecule has 0 fully saturated rings. The van der Waals surface area contributed by atoms with Crippen LogP contribution in [-0.4, -0.2) is 17.0 Å². The van der Waals surface area contributed by atoms with E-state index in [-0.39, 0.29) is 0 Å². The maximum atomic E-state index is 5.96. The highest BCUT2D eigenvalue weighted by atomic mass is 35.5. The molecule has 2 rings (SSSR count). The van der Waals surface area contributed by atoms with Crippen molar-refractivity contribution in [2.75, 3.05) is 11.9 Å². The minimum atomic E-state index is 0.478. The number of furan rings is 1. The first-order valence-corrected chi connectivity index (χ1v) is 5.82. The lowest BCUT2D eigenvalue weighted by molar-refractivity contribution is 0.563. The Balaban J connectivity index is 2.18. The lowest BCUT2D eigenvalue weighted by Crippen LogP contribution is -2.18. The minimum absolute atomic E-state index is 0.478. The molecule has 0 bridgehead atoms. The topological polar surface area (TPSA) is 42.2 Å². The SMILES string of the molecule is CCc1nc(Cl)cc(N(C)Cc2ccoc2)n1. The molecule has 0 saturated heterocycles. The van der Waals surface area contributed by atoms with E-state index in [0.717, 1.165) is 30.2 Å². The van der Waals surface area contributed by atoms with E-state index in [1.165, 1.54) is 0 Å². The van der Waals surface area contributed by atoms with Gasteiger partial charge in [0.25, 0.3) is 0 Å². The Morgan fingerprint density at radius 2 is 2.24 bits per heavy atom. The Morgan fingerprint density at radius 3 is 2.88 bits per heavy atom. The van der Waals surface area contributed by atoms with E-state index in [0.29, 0.717) is 5.15 Å². The van der Waals surface area contributed by atoms with Gasteiger partial charge in [-0.25, -0.2) is 9.97 Å². The van der Waals surface area contributed by atoms with Crippen molar-refractivity contribution in [3.8, 4) is 0 Å². The quantitative estimate of drug-likeness (QED) is 0.784. The lowest BCUT2D eigenvalue weighted by Gasteiger charge is -2.17. The molecule has 0 aromatic carbocycles. The summed E-state index contributed by atoms with van der Waals surface area (Å²) >= 11 is 5.96. The highest BCUT2D eigenvalue weighted by Crippen LogP contribution is 2.17. The summed E-state index contributed by atoms with van der Waals surface area (Å²) in [7, 11) is 1.96. The molecule has 90 valence electrons. The molecule has 0 aliphatic carbocycles. The Labute approximate surface area is 105 Å². The van der Waals surface area contributed by atoms with E-state index in [2.05, 4.69) is 9.97 Å². The van der Waals surface area contributed by atoms with Crippen LogP contribution < -0.4 is 4.90 Å². The number of anilines is 1. The molecule has 0 saturated carbocycles. The highest BCUT2D eigenvalue weighted by Gasteiger charge is 2.07. The van der Waals surface area contributed by atoms with Crippen molar-refractivity contribution in [3.63, 3.8) is 0 Å². The summed E-state index contributed by atoms with van der Waals surface area (Å²) in [6.07, 6.45) is 4.15. The summed E-state index contributed by atoms with van der Waals surface area (Å²) in [6, 6.07) is 3.70. The molecule has 0 spiro atoms. The van der Waals surface area contributed by atoms with Gasteiger partial charge in [-0.15, -0.1) is 0 Å². The normalized spacial score (nSPS) is 10.5. The summed E-state index contributed by atoms with van der Waals surface area (Å²) in [5.74, 6) is 1.58. The van der Waals surface area contributed by atoms with Gasteiger partial charge in [0.2, 0.25) is 0 Å². The fourth-order valence-electron chi connectivity index (χ4n) is 1.54. The summed E-state index contributed by atoms with van der Waals surface area (Å²) in [4.78, 5) is 10.6. The van der Waals surface area contributed by atoms with E-state index in [1.807, 2.05) is 24.9 Å². The van der Waals surface area contributed by atoms with Crippen LogP contribution in [0.5, 0.6) is 0 Å². The molecule has 17 heavy (non-hydrogen) atoms. The van der Waals surface area contributed by atoms with Gasteiger partial charge in [-0.05, 0) is 6.07 Å². The van der Waals surface area contributed by atoms with Crippen molar-refractivity contribution in [2.45, 2.75) is 19.9 Å². The van der Waals surface area contributed by atoms with Gasteiger partial charge in [0.1, 0.15) is 16.8 Å². The summed E-state index contributed by atoms with van der Waals surface area (Å²) in [5, 5.41) is 0.478. The average molecular weight is 252 g/mol. The zero-order chi connectivity index (χ0) is 12.3.